The standard InChI is InChI=1S/C15H28N2O2/c1-11-5-6-14(16)13(8-11)15(18)17(2)9-12-4-3-7-19-10-12/h11-14H,3-10,16H2,1-2H3. The van der Waals surface area contributed by atoms with Crippen LogP contribution in [-0.4, -0.2) is 43.7 Å². The van der Waals surface area contributed by atoms with Crippen molar-refractivity contribution < 1.29 is 9.53 Å². The van der Waals surface area contributed by atoms with Crippen LogP contribution in [0.25, 0.3) is 0 Å². The first-order chi connectivity index (χ1) is 9.08. The van der Waals surface area contributed by atoms with Gasteiger partial charge in [0, 0.05) is 26.2 Å². The van der Waals surface area contributed by atoms with Crippen molar-refractivity contribution in [2.45, 2.75) is 45.1 Å². The van der Waals surface area contributed by atoms with E-state index >= 15 is 0 Å². The minimum Gasteiger partial charge on any atom is -0.381 e. The highest BCUT2D eigenvalue weighted by atomic mass is 16.5. The van der Waals surface area contributed by atoms with Crippen LogP contribution in [0.5, 0.6) is 0 Å². The lowest BCUT2D eigenvalue weighted by Gasteiger charge is -2.35. The molecule has 110 valence electrons. The zero-order valence-corrected chi connectivity index (χ0v) is 12.3. The molecule has 0 radical (unpaired) electrons. The van der Waals surface area contributed by atoms with Crippen LogP contribution in [-0.2, 0) is 9.53 Å². The number of hydrogen-bond donors (Lipinski definition) is 1. The fraction of sp³-hybridized carbons (Fsp3) is 0.933. The molecule has 1 aliphatic carbocycles. The lowest BCUT2D eigenvalue weighted by atomic mass is 9.78. The fourth-order valence-corrected chi connectivity index (χ4v) is 3.40. The van der Waals surface area contributed by atoms with Gasteiger partial charge in [-0.2, -0.15) is 0 Å². The molecular weight excluding hydrogens is 240 g/mol. The minimum absolute atomic E-state index is 0.0262. The number of hydrogen-bond acceptors (Lipinski definition) is 3. The minimum atomic E-state index is 0.0262. The van der Waals surface area contributed by atoms with E-state index in [0.29, 0.717) is 11.8 Å². The van der Waals surface area contributed by atoms with Crippen LogP contribution in [0.15, 0.2) is 0 Å². The molecule has 0 aromatic rings. The second-order valence-corrected chi connectivity index (χ2v) is 6.49. The summed E-state index contributed by atoms with van der Waals surface area (Å²) in [7, 11) is 1.92. The van der Waals surface area contributed by atoms with Crippen molar-refractivity contribution in [2.24, 2.45) is 23.5 Å². The number of nitrogens with two attached hydrogens (primary N) is 1. The molecule has 1 amide bonds. The summed E-state index contributed by atoms with van der Waals surface area (Å²) in [6.07, 6.45) is 5.38. The summed E-state index contributed by atoms with van der Waals surface area (Å²) in [4.78, 5) is 14.4. The highest BCUT2D eigenvalue weighted by Crippen LogP contribution is 2.29. The van der Waals surface area contributed by atoms with Crippen LogP contribution < -0.4 is 5.73 Å². The third-order valence-electron chi connectivity index (χ3n) is 4.65. The molecule has 2 aliphatic rings. The van der Waals surface area contributed by atoms with Gasteiger partial charge in [0.2, 0.25) is 5.91 Å². The average molecular weight is 268 g/mol. The van der Waals surface area contributed by atoms with E-state index in [-0.39, 0.29) is 17.9 Å². The zero-order valence-electron chi connectivity index (χ0n) is 12.3. The smallest absolute Gasteiger partial charge is 0.227 e. The van der Waals surface area contributed by atoms with Crippen LogP contribution in [0.2, 0.25) is 0 Å². The Morgan fingerprint density at radius 3 is 2.84 bits per heavy atom. The highest BCUT2D eigenvalue weighted by molar-refractivity contribution is 5.79. The Balaban J connectivity index is 1.86. The van der Waals surface area contributed by atoms with Gasteiger partial charge in [-0.3, -0.25) is 4.79 Å². The van der Waals surface area contributed by atoms with Gasteiger partial charge in [-0.15, -0.1) is 0 Å². The van der Waals surface area contributed by atoms with Crippen molar-refractivity contribution in [3.63, 3.8) is 0 Å². The molecule has 2 N–H and O–H groups in total. The summed E-state index contributed by atoms with van der Waals surface area (Å²) < 4.78 is 5.48. The van der Waals surface area contributed by atoms with E-state index < -0.39 is 0 Å². The Kier molecular flexibility index (Phi) is 5.22. The van der Waals surface area contributed by atoms with Crippen LogP contribution in [0, 0.1) is 17.8 Å². The van der Waals surface area contributed by atoms with E-state index in [9.17, 15) is 4.79 Å². The summed E-state index contributed by atoms with van der Waals surface area (Å²) >= 11 is 0. The Hall–Kier alpha value is -0.610. The number of nitrogens with zero attached hydrogens (tertiary/aromatic N) is 1. The Bertz CT molecular complexity index is 303. The molecular formula is C15H28N2O2. The number of carbonyl (C=O) groups excluding carboxylic acids is 1. The van der Waals surface area contributed by atoms with Gasteiger partial charge in [-0.25, -0.2) is 0 Å². The summed E-state index contributed by atoms with van der Waals surface area (Å²) in [6, 6.07) is 0.0498. The van der Waals surface area contributed by atoms with Gasteiger partial charge in [-0.05, 0) is 43.9 Å². The molecule has 2 fully saturated rings. The van der Waals surface area contributed by atoms with Gasteiger partial charge in [-0.1, -0.05) is 6.92 Å². The molecule has 0 spiro atoms. The molecule has 19 heavy (non-hydrogen) atoms. The molecule has 4 nitrogen and oxygen atoms in total. The molecule has 4 unspecified atom stereocenters. The average Bonchev–Trinajstić information content (AvgIpc) is 2.42. The van der Waals surface area contributed by atoms with E-state index in [1.165, 1.54) is 6.42 Å². The van der Waals surface area contributed by atoms with Crippen LogP contribution in [0.3, 0.4) is 0 Å². The zero-order chi connectivity index (χ0) is 13.8. The largest absolute Gasteiger partial charge is 0.381 e. The van der Waals surface area contributed by atoms with E-state index in [4.69, 9.17) is 10.5 Å². The van der Waals surface area contributed by atoms with E-state index in [1.807, 2.05) is 11.9 Å². The second-order valence-electron chi connectivity index (χ2n) is 6.49. The predicted molar refractivity (Wildman–Crippen MR) is 75.7 cm³/mol. The number of ether oxygens (including phenoxy) is 1. The predicted octanol–water partition coefficient (Wildman–Crippen LogP) is 1.63. The molecule has 4 atom stereocenters. The fourth-order valence-electron chi connectivity index (χ4n) is 3.40. The SMILES string of the molecule is CC1CCC(N)C(C(=O)N(C)CC2CCCOC2)C1. The van der Waals surface area contributed by atoms with Crippen molar-refractivity contribution in [1.82, 2.24) is 4.90 Å². The van der Waals surface area contributed by atoms with Crippen molar-refractivity contribution in [1.29, 1.82) is 0 Å². The monoisotopic (exact) mass is 268 g/mol. The molecule has 1 heterocycles. The van der Waals surface area contributed by atoms with Crippen molar-refractivity contribution in [2.75, 3.05) is 26.8 Å². The molecule has 1 saturated carbocycles. The first-order valence-electron chi connectivity index (χ1n) is 7.66. The molecule has 2 rings (SSSR count). The summed E-state index contributed by atoms with van der Waals surface area (Å²) in [5.74, 6) is 1.39. The number of amides is 1. The molecule has 4 heteroatoms. The Morgan fingerprint density at radius 1 is 1.37 bits per heavy atom. The van der Waals surface area contributed by atoms with Gasteiger partial charge in [0.05, 0.1) is 12.5 Å². The van der Waals surface area contributed by atoms with Gasteiger partial charge >= 0.3 is 0 Å². The van der Waals surface area contributed by atoms with Crippen LogP contribution in [0.1, 0.15) is 39.0 Å². The number of carbonyl (C=O) groups is 1. The lowest BCUT2D eigenvalue weighted by Crippen LogP contribution is -2.47. The quantitative estimate of drug-likeness (QED) is 0.846. The van der Waals surface area contributed by atoms with E-state index in [2.05, 4.69) is 6.92 Å². The summed E-state index contributed by atoms with van der Waals surface area (Å²) in [6.45, 7) is 4.71. The first-order valence-corrected chi connectivity index (χ1v) is 7.66. The van der Waals surface area contributed by atoms with Crippen molar-refractivity contribution in [3.8, 4) is 0 Å². The van der Waals surface area contributed by atoms with E-state index in [1.54, 1.807) is 0 Å². The molecule has 1 aliphatic heterocycles. The summed E-state index contributed by atoms with van der Waals surface area (Å²) in [5, 5.41) is 0. The highest BCUT2D eigenvalue weighted by Gasteiger charge is 2.33. The maximum Gasteiger partial charge on any atom is 0.227 e. The number of rotatable bonds is 3. The normalized spacial score (nSPS) is 35.9. The maximum atomic E-state index is 12.5. The lowest BCUT2D eigenvalue weighted by molar-refractivity contribution is -0.137. The van der Waals surface area contributed by atoms with Gasteiger partial charge in [0.1, 0.15) is 0 Å². The molecule has 1 saturated heterocycles. The van der Waals surface area contributed by atoms with Gasteiger partial charge in [0.15, 0.2) is 0 Å². The molecule has 0 aromatic heterocycles. The Morgan fingerprint density at radius 2 is 2.16 bits per heavy atom. The van der Waals surface area contributed by atoms with E-state index in [0.717, 1.165) is 45.4 Å². The molecule has 0 aromatic carbocycles. The van der Waals surface area contributed by atoms with Crippen LogP contribution >= 0.6 is 0 Å². The summed E-state index contributed by atoms with van der Waals surface area (Å²) in [5.41, 5.74) is 6.14. The third kappa shape index (κ3) is 3.93. The first kappa shape index (κ1) is 14.8. The van der Waals surface area contributed by atoms with Gasteiger partial charge in [0.25, 0.3) is 0 Å². The second kappa shape index (κ2) is 6.71. The topological polar surface area (TPSA) is 55.6 Å². The van der Waals surface area contributed by atoms with Crippen molar-refractivity contribution >= 4 is 5.91 Å². The van der Waals surface area contributed by atoms with Crippen LogP contribution in [0.4, 0.5) is 0 Å². The van der Waals surface area contributed by atoms with Gasteiger partial charge < -0.3 is 15.4 Å². The Labute approximate surface area is 116 Å². The maximum absolute atomic E-state index is 12.5. The molecule has 0 bridgehead atoms. The third-order valence-corrected chi connectivity index (χ3v) is 4.65. The van der Waals surface area contributed by atoms with Crippen molar-refractivity contribution in [3.05, 3.63) is 0 Å².